The highest BCUT2D eigenvalue weighted by Crippen LogP contribution is 2.37. The average molecular weight is 422 g/mol. The van der Waals surface area contributed by atoms with Gasteiger partial charge < -0.3 is 5.32 Å². The fraction of sp³-hybridized carbons (Fsp3) is 0.273. The van der Waals surface area contributed by atoms with Crippen LogP contribution in [-0.4, -0.2) is 38.3 Å². The Morgan fingerprint density at radius 3 is 2.60 bits per heavy atom. The summed E-state index contributed by atoms with van der Waals surface area (Å²) in [6.07, 6.45) is 0.980. The number of aromatic nitrogens is 3. The van der Waals surface area contributed by atoms with E-state index in [9.17, 15) is 9.59 Å². The van der Waals surface area contributed by atoms with Crippen LogP contribution in [0.4, 0.5) is 11.4 Å². The highest BCUT2D eigenvalue weighted by Gasteiger charge is 2.43. The summed E-state index contributed by atoms with van der Waals surface area (Å²) in [6.45, 7) is 5.60. The van der Waals surface area contributed by atoms with Gasteiger partial charge in [0.15, 0.2) is 5.82 Å². The lowest BCUT2D eigenvalue weighted by molar-refractivity contribution is -0.125. The van der Waals surface area contributed by atoms with Gasteiger partial charge in [-0.25, -0.2) is 4.98 Å². The van der Waals surface area contributed by atoms with Gasteiger partial charge >= 0.3 is 0 Å². The molecular formula is C22H23N5O2S. The number of amides is 2. The summed E-state index contributed by atoms with van der Waals surface area (Å²) < 4.78 is 0. The molecule has 2 amide bonds. The van der Waals surface area contributed by atoms with Gasteiger partial charge in [-0.2, -0.15) is 0 Å². The molecule has 2 aromatic carbocycles. The summed E-state index contributed by atoms with van der Waals surface area (Å²) in [5, 5.41) is 10.5. The van der Waals surface area contributed by atoms with Crippen LogP contribution in [-0.2, 0) is 16.0 Å². The zero-order valence-corrected chi connectivity index (χ0v) is 17.9. The van der Waals surface area contributed by atoms with Gasteiger partial charge in [0.05, 0.1) is 17.1 Å². The molecule has 1 aliphatic rings. The first-order chi connectivity index (χ1) is 14.4. The molecule has 1 aliphatic heterocycles. The van der Waals surface area contributed by atoms with E-state index >= 15 is 0 Å². The lowest BCUT2D eigenvalue weighted by Gasteiger charge is -2.42. The highest BCUT2D eigenvalue weighted by molar-refractivity contribution is 7.99. The van der Waals surface area contributed by atoms with Crippen molar-refractivity contribution in [3.63, 3.8) is 0 Å². The first-order valence-electron chi connectivity index (χ1n) is 9.78. The molecule has 3 aromatic rings. The van der Waals surface area contributed by atoms with Crippen molar-refractivity contribution in [3.8, 4) is 11.4 Å². The Morgan fingerprint density at radius 1 is 1.13 bits per heavy atom. The molecule has 154 valence electrons. The van der Waals surface area contributed by atoms with Crippen molar-refractivity contribution in [2.24, 2.45) is 0 Å². The number of aromatic amines is 1. The van der Waals surface area contributed by atoms with Gasteiger partial charge in [0.2, 0.25) is 17.0 Å². The van der Waals surface area contributed by atoms with Gasteiger partial charge in [0.25, 0.3) is 0 Å². The summed E-state index contributed by atoms with van der Waals surface area (Å²) in [5.74, 6) is 0.397. The Hall–Kier alpha value is -3.13. The molecule has 0 saturated heterocycles. The van der Waals surface area contributed by atoms with Crippen molar-refractivity contribution in [1.29, 1.82) is 0 Å². The van der Waals surface area contributed by atoms with Crippen LogP contribution in [0.25, 0.3) is 11.4 Å². The second kappa shape index (κ2) is 7.95. The molecule has 0 saturated carbocycles. The summed E-state index contributed by atoms with van der Waals surface area (Å²) in [5.41, 5.74) is 2.54. The number of nitrogens with one attached hydrogen (secondary N) is 2. The third-order valence-electron chi connectivity index (χ3n) is 5.18. The number of thioether (sulfide) groups is 1. The maximum atomic E-state index is 13.1. The predicted octanol–water partition coefficient (Wildman–Crippen LogP) is 3.89. The molecule has 0 bridgehead atoms. The van der Waals surface area contributed by atoms with Crippen LogP contribution in [0.1, 0.15) is 26.3 Å². The Balaban J connectivity index is 1.49. The quantitative estimate of drug-likeness (QED) is 0.610. The number of benzene rings is 2. The van der Waals surface area contributed by atoms with Crippen molar-refractivity contribution < 1.29 is 9.59 Å². The molecule has 0 fully saturated rings. The van der Waals surface area contributed by atoms with Gasteiger partial charge in [0.1, 0.15) is 5.54 Å². The molecule has 0 aliphatic carbocycles. The zero-order valence-electron chi connectivity index (χ0n) is 17.1. The van der Waals surface area contributed by atoms with Crippen LogP contribution in [0, 0.1) is 0 Å². The lowest BCUT2D eigenvalue weighted by atomic mass is 9.96. The molecular weight excluding hydrogens is 398 g/mol. The number of fused-ring (bicyclic) bond motifs is 1. The number of carbonyl (C=O) groups excluding carboxylic acids is 2. The Morgan fingerprint density at radius 2 is 1.87 bits per heavy atom. The summed E-state index contributed by atoms with van der Waals surface area (Å²) in [7, 11) is 0. The van der Waals surface area contributed by atoms with E-state index < -0.39 is 5.54 Å². The Labute approximate surface area is 179 Å². The second-order valence-corrected chi connectivity index (χ2v) is 8.51. The van der Waals surface area contributed by atoms with Crippen molar-refractivity contribution >= 4 is 35.0 Å². The predicted molar refractivity (Wildman–Crippen MR) is 119 cm³/mol. The molecule has 2 N–H and O–H groups in total. The van der Waals surface area contributed by atoms with Crippen LogP contribution < -0.4 is 10.2 Å². The molecule has 1 aromatic heterocycles. The fourth-order valence-corrected chi connectivity index (χ4v) is 4.08. The number of rotatable bonds is 5. The third kappa shape index (κ3) is 3.70. The summed E-state index contributed by atoms with van der Waals surface area (Å²) in [4.78, 5) is 31.7. The third-order valence-corrected chi connectivity index (χ3v) is 6.01. The van der Waals surface area contributed by atoms with Gasteiger partial charge in [-0.05, 0) is 38.0 Å². The zero-order chi connectivity index (χ0) is 21.3. The van der Waals surface area contributed by atoms with Crippen molar-refractivity contribution in [2.45, 2.75) is 37.9 Å². The average Bonchev–Trinajstić information content (AvgIpc) is 3.22. The number of hydrogen-bond donors (Lipinski definition) is 2. The number of anilines is 2. The van der Waals surface area contributed by atoms with E-state index in [4.69, 9.17) is 0 Å². The Bertz CT molecular complexity index is 1090. The number of para-hydroxylation sites is 2. The van der Waals surface area contributed by atoms with E-state index in [2.05, 4.69) is 39.6 Å². The molecule has 0 atom stereocenters. The van der Waals surface area contributed by atoms with Crippen LogP contribution in [0.5, 0.6) is 0 Å². The molecule has 4 rings (SSSR count). The van der Waals surface area contributed by atoms with E-state index in [0.717, 1.165) is 12.0 Å². The van der Waals surface area contributed by atoms with Crippen LogP contribution in [0.15, 0.2) is 53.7 Å². The number of hydrogen-bond acceptors (Lipinski definition) is 5. The van der Waals surface area contributed by atoms with E-state index in [-0.39, 0.29) is 17.6 Å². The first-order valence-corrected chi connectivity index (χ1v) is 10.8. The molecule has 0 spiro atoms. The number of aryl methyl sites for hydroxylation is 1. The van der Waals surface area contributed by atoms with Gasteiger partial charge in [-0.1, -0.05) is 55.1 Å². The van der Waals surface area contributed by atoms with Crippen molar-refractivity contribution in [3.05, 3.63) is 54.1 Å². The first kappa shape index (κ1) is 20.2. The lowest BCUT2D eigenvalue weighted by Crippen LogP contribution is -2.58. The standard InChI is InChI=1S/C22H23N5O2S/c1-4-14-9-11-15(12-10-14)19-24-21(26-25-19)30-13-18(28)27-17-8-6-5-7-16(17)23-20(29)22(27,2)3/h5-12H,4,13H2,1-3H3,(H,23,29)(H,24,25,26). The maximum absolute atomic E-state index is 13.1. The SMILES string of the molecule is CCc1ccc(-c2nc(SCC(=O)N3c4ccccc4NC(=O)C3(C)C)n[nH]2)cc1. The summed E-state index contributed by atoms with van der Waals surface area (Å²) in [6, 6.07) is 15.5. The highest BCUT2D eigenvalue weighted by atomic mass is 32.2. The smallest absolute Gasteiger partial charge is 0.250 e. The van der Waals surface area contributed by atoms with E-state index in [1.165, 1.54) is 17.3 Å². The minimum Gasteiger partial charge on any atom is -0.322 e. The number of nitrogens with zero attached hydrogens (tertiary/aromatic N) is 3. The molecule has 0 unspecified atom stereocenters. The van der Waals surface area contributed by atoms with Gasteiger partial charge in [-0.3, -0.25) is 19.6 Å². The molecule has 2 heterocycles. The Kier molecular flexibility index (Phi) is 5.34. The van der Waals surface area contributed by atoms with E-state index in [0.29, 0.717) is 22.4 Å². The van der Waals surface area contributed by atoms with E-state index in [1.54, 1.807) is 24.8 Å². The topological polar surface area (TPSA) is 91.0 Å². The second-order valence-electron chi connectivity index (χ2n) is 7.57. The molecule has 0 radical (unpaired) electrons. The van der Waals surface area contributed by atoms with Crippen molar-refractivity contribution in [2.75, 3.05) is 16.0 Å². The number of H-pyrrole nitrogens is 1. The van der Waals surface area contributed by atoms with Crippen LogP contribution in [0.3, 0.4) is 0 Å². The monoisotopic (exact) mass is 421 g/mol. The van der Waals surface area contributed by atoms with Crippen LogP contribution >= 0.6 is 11.8 Å². The number of carbonyl (C=O) groups is 2. The normalized spacial score (nSPS) is 14.9. The van der Waals surface area contributed by atoms with E-state index in [1.807, 2.05) is 30.3 Å². The fourth-order valence-electron chi connectivity index (χ4n) is 3.43. The molecule has 8 heteroatoms. The minimum absolute atomic E-state index is 0.122. The minimum atomic E-state index is -0.989. The van der Waals surface area contributed by atoms with Crippen LogP contribution in [0.2, 0.25) is 0 Å². The molecule has 7 nitrogen and oxygen atoms in total. The van der Waals surface area contributed by atoms with Gasteiger partial charge in [-0.15, -0.1) is 5.10 Å². The molecule has 30 heavy (non-hydrogen) atoms. The van der Waals surface area contributed by atoms with Gasteiger partial charge in [0, 0.05) is 5.56 Å². The summed E-state index contributed by atoms with van der Waals surface area (Å²) >= 11 is 1.25. The maximum Gasteiger partial charge on any atom is 0.250 e. The largest absolute Gasteiger partial charge is 0.322 e. The van der Waals surface area contributed by atoms with Crippen molar-refractivity contribution in [1.82, 2.24) is 15.2 Å².